The lowest BCUT2D eigenvalue weighted by molar-refractivity contribution is 0.287. The van der Waals surface area contributed by atoms with Gasteiger partial charge in [0, 0.05) is 30.6 Å². The molecule has 0 unspecified atom stereocenters. The van der Waals surface area contributed by atoms with E-state index in [9.17, 15) is 8.42 Å². The van der Waals surface area contributed by atoms with Crippen molar-refractivity contribution in [3.05, 3.63) is 36.4 Å². The third-order valence-electron chi connectivity index (χ3n) is 6.73. The highest BCUT2D eigenvalue weighted by atomic mass is 32.2. The fourth-order valence-electron chi connectivity index (χ4n) is 4.69. The van der Waals surface area contributed by atoms with E-state index in [1.165, 1.54) is 0 Å². The van der Waals surface area contributed by atoms with Crippen LogP contribution >= 0.6 is 0 Å². The van der Waals surface area contributed by atoms with Crippen molar-refractivity contribution in [2.75, 3.05) is 51.1 Å². The predicted octanol–water partition coefficient (Wildman–Crippen LogP) is 3.95. The summed E-state index contributed by atoms with van der Waals surface area (Å²) in [7, 11) is -3.67. The van der Waals surface area contributed by atoms with Gasteiger partial charge in [-0.2, -0.15) is 5.10 Å². The number of hydrogen-bond acceptors (Lipinski definition) is 6. The highest BCUT2D eigenvalue weighted by molar-refractivity contribution is 7.92. The van der Waals surface area contributed by atoms with Crippen molar-refractivity contribution in [2.45, 2.75) is 44.0 Å². The Morgan fingerprint density at radius 1 is 0.909 bits per heavy atom. The van der Waals surface area contributed by atoms with Crippen molar-refractivity contribution in [2.24, 2.45) is 0 Å². The van der Waals surface area contributed by atoms with E-state index in [0.29, 0.717) is 34.1 Å². The fraction of sp³-hybridized carbons (Fsp3) is 0.480. The zero-order valence-electron chi connectivity index (χ0n) is 20.1. The summed E-state index contributed by atoms with van der Waals surface area (Å²) in [5, 5.41) is 9.08. The molecule has 0 bridgehead atoms. The Morgan fingerprint density at radius 3 is 2.27 bits per heavy atom. The predicted molar refractivity (Wildman–Crippen MR) is 135 cm³/mol. The minimum Gasteiger partial charge on any atom is -0.383 e. The number of nitrogens with one attached hydrogen (secondary N) is 1. The summed E-state index contributed by atoms with van der Waals surface area (Å²) >= 11 is 0. The minimum absolute atomic E-state index is 0.339. The van der Waals surface area contributed by atoms with E-state index in [1.807, 2.05) is 28.9 Å². The van der Waals surface area contributed by atoms with Gasteiger partial charge in [0.05, 0.1) is 22.6 Å². The summed E-state index contributed by atoms with van der Waals surface area (Å²) in [6.45, 7) is 15.6. The van der Waals surface area contributed by atoms with Crippen LogP contribution in [0.5, 0.6) is 0 Å². The molecule has 7 nitrogen and oxygen atoms in total. The zero-order chi connectivity index (χ0) is 23.6. The Hall–Kier alpha value is -2.42. The van der Waals surface area contributed by atoms with Crippen molar-refractivity contribution < 1.29 is 8.42 Å². The molecule has 1 aliphatic rings. The Labute approximate surface area is 197 Å². The largest absolute Gasteiger partial charge is 0.383 e. The van der Waals surface area contributed by atoms with Gasteiger partial charge < -0.3 is 15.1 Å². The second-order valence-electron chi connectivity index (χ2n) is 8.39. The van der Waals surface area contributed by atoms with Gasteiger partial charge in [0.15, 0.2) is 0 Å². The monoisotopic (exact) mass is 469 g/mol. The molecule has 1 aliphatic heterocycles. The molecule has 3 aromatic rings. The van der Waals surface area contributed by atoms with Crippen LogP contribution in [0.4, 0.5) is 5.69 Å². The maximum atomic E-state index is 13.8. The first-order chi connectivity index (χ1) is 16.0. The SMILES string of the molecule is CCN(CC)CCNc1ccc2c3c(nn2CCN(CC)CC)-c2ccccc2S(=O)(=O)c13. The second kappa shape index (κ2) is 9.83. The number of hydrogen-bond donors (Lipinski definition) is 1. The van der Waals surface area contributed by atoms with Crippen LogP contribution in [-0.4, -0.2) is 73.8 Å². The summed E-state index contributed by atoms with van der Waals surface area (Å²) in [4.78, 5) is 5.37. The molecule has 33 heavy (non-hydrogen) atoms. The number of benzene rings is 2. The van der Waals surface area contributed by atoms with Gasteiger partial charge in [-0.05, 0) is 44.4 Å². The molecule has 0 saturated carbocycles. The molecule has 0 saturated heterocycles. The number of aromatic nitrogens is 2. The summed E-state index contributed by atoms with van der Waals surface area (Å²) < 4.78 is 29.5. The molecular weight excluding hydrogens is 434 g/mol. The number of likely N-dealkylation sites (N-methyl/N-ethyl adjacent to an activating group) is 2. The van der Waals surface area contributed by atoms with Crippen molar-refractivity contribution in [1.29, 1.82) is 0 Å². The molecule has 4 rings (SSSR count). The molecular formula is C25H35N5O2S. The Kier molecular flexibility index (Phi) is 7.07. The van der Waals surface area contributed by atoms with Crippen LogP contribution in [0.15, 0.2) is 46.2 Å². The minimum atomic E-state index is -3.67. The quantitative estimate of drug-likeness (QED) is 0.359. The second-order valence-corrected chi connectivity index (χ2v) is 10.2. The lowest BCUT2D eigenvalue weighted by Gasteiger charge is -2.22. The van der Waals surface area contributed by atoms with E-state index in [2.05, 4.69) is 42.8 Å². The van der Waals surface area contributed by atoms with Gasteiger partial charge in [0.1, 0.15) is 10.6 Å². The first-order valence-electron chi connectivity index (χ1n) is 12.0. The first-order valence-corrected chi connectivity index (χ1v) is 13.5. The standard InChI is InChI=1S/C25H35N5O2S/c1-5-28(6-2)16-15-26-20-13-14-21-23-24(27-30(21)18-17-29(7-3)8-4)19-11-9-10-12-22(19)33(31,32)25(20)23/h9-14,26H,5-8,15-18H2,1-4H3. The molecule has 1 N–H and O–H groups in total. The van der Waals surface area contributed by atoms with Crippen molar-refractivity contribution in [3.8, 4) is 11.3 Å². The lowest BCUT2D eigenvalue weighted by atomic mass is 10.1. The molecule has 1 aromatic heterocycles. The topological polar surface area (TPSA) is 70.5 Å². The third-order valence-corrected chi connectivity index (χ3v) is 8.63. The molecule has 2 aromatic carbocycles. The highest BCUT2D eigenvalue weighted by Gasteiger charge is 2.35. The third kappa shape index (κ3) is 4.27. The van der Waals surface area contributed by atoms with E-state index in [1.54, 1.807) is 12.1 Å². The molecule has 0 fully saturated rings. The van der Waals surface area contributed by atoms with Crippen molar-refractivity contribution >= 4 is 26.4 Å². The van der Waals surface area contributed by atoms with Gasteiger partial charge in [0.2, 0.25) is 9.84 Å². The van der Waals surface area contributed by atoms with Crippen LogP contribution in [0.2, 0.25) is 0 Å². The summed E-state index contributed by atoms with van der Waals surface area (Å²) in [5.74, 6) is 0. The maximum absolute atomic E-state index is 13.8. The van der Waals surface area contributed by atoms with Gasteiger partial charge in [0.25, 0.3) is 0 Å². The number of anilines is 1. The van der Waals surface area contributed by atoms with Crippen LogP contribution in [0, 0.1) is 0 Å². The van der Waals surface area contributed by atoms with E-state index in [-0.39, 0.29) is 0 Å². The molecule has 0 spiro atoms. The van der Waals surface area contributed by atoms with Crippen LogP contribution < -0.4 is 5.32 Å². The lowest BCUT2D eigenvalue weighted by Crippen LogP contribution is -2.29. The van der Waals surface area contributed by atoms with E-state index >= 15 is 0 Å². The fourth-order valence-corrected chi connectivity index (χ4v) is 6.52. The van der Waals surface area contributed by atoms with Crippen LogP contribution in [0.3, 0.4) is 0 Å². The van der Waals surface area contributed by atoms with Gasteiger partial charge in [-0.25, -0.2) is 8.42 Å². The van der Waals surface area contributed by atoms with Gasteiger partial charge >= 0.3 is 0 Å². The average molecular weight is 470 g/mol. The molecule has 178 valence electrons. The molecule has 8 heteroatoms. The van der Waals surface area contributed by atoms with Gasteiger partial charge in [-0.3, -0.25) is 4.68 Å². The normalized spacial score (nSPS) is 14.2. The molecule has 0 amide bonds. The van der Waals surface area contributed by atoms with E-state index in [4.69, 9.17) is 5.10 Å². The summed E-state index contributed by atoms with van der Waals surface area (Å²) in [5.41, 5.74) is 2.99. The number of fused-ring (bicyclic) bond motifs is 2. The summed E-state index contributed by atoms with van der Waals surface area (Å²) in [6.07, 6.45) is 0. The summed E-state index contributed by atoms with van der Waals surface area (Å²) in [6, 6.07) is 11.2. The Morgan fingerprint density at radius 2 is 1.58 bits per heavy atom. The Balaban J connectivity index is 1.81. The average Bonchev–Trinajstić information content (AvgIpc) is 3.20. The molecule has 0 aliphatic carbocycles. The van der Waals surface area contributed by atoms with Crippen LogP contribution in [0.25, 0.3) is 22.2 Å². The number of nitrogens with zero attached hydrogens (tertiary/aromatic N) is 4. The van der Waals surface area contributed by atoms with Crippen LogP contribution in [-0.2, 0) is 16.4 Å². The van der Waals surface area contributed by atoms with E-state index in [0.717, 1.165) is 55.9 Å². The number of rotatable bonds is 11. The smallest absolute Gasteiger partial charge is 0.210 e. The van der Waals surface area contributed by atoms with E-state index < -0.39 is 9.84 Å². The van der Waals surface area contributed by atoms with Crippen molar-refractivity contribution in [3.63, 3.8) is 0 Å². The van der Waals surface area contributed by atoms with Gasteiger partial charge in [-0.1, -0.05) is 45.9 Å². The van der Waals surface area contributed by atoms with Gasteiger partial charge in [-0.15, -0.1) is 0 Å². The highest BCUT2D eigenvalue weighted by Crippen LogP contribution is 2.46. The van der Waals surface area contributed by atoms with Crippen molar-refractivity contribution in [1.82, 2.24) is 19.6 Å². The Bertz CT molecular complexity index is 1230. The number of sulfone groups is 1. The first kappa shape index (κ1) is 23.7. The maximum Gasteiger partial charge on any atom is 0.210 e. The molecule has 2 heterocycles. The molecule has 0 atom stereocenters. The molecule has 0 radical (unpaired) electrons. The van der Waals surface area contributed by atoms with Crippen LogP contribution in [0.1, 0.15) is 27.7 Å². The zero-order valence-corrected chi connectivity index (χ0v) is 21.0.